The second kappa shape index (κ2) is 12.8. The van der Waals surface area contributed by atoms with Gasteiger partial charge in [0.25, 0.3) is 5.91 Å². The first-order chi connectivity index (χ1) is 22.2. The molecule has 2 aliphatic rings. The zero-order valence-electron chi connectivity index (χ0n) is 26.9. The van der Waals surface area contributed by atoms with Crippen molar-refractivity contribution in [1.82, 2.24) is 29.5 Å². The molecular formula is C34H40N8O4. The highest BCUT2D eigenvalue weighted by Crippen LogP contribution is 2.35. The molecule has 12 heteroatoms. The van der Waals surface area contributed by atoms with Crippen molar-refractivity contribution in [2.45, 2.75) is 45.3 Å². The number of ether oxygens (including phenoxy) is 1. The first-order valence-corrected chi connectivity index (χ1v) is 15.7. The molecule has 46 heavy (non-hydrogen) atoms. The van der Waals surface area contributed by atoms with Crippen molar-refractivity contribution in [3.05, 3.63) is 82.4 Å². The first kappa shape index (κ1) is 31.0. The number of piperidine rings is 1. The number of nitrogens with zero attached hydrogens (tertiary/aromatic N) is 7. The van der Waals surface area contributed by atoms with Gasteiger partial charge in [-0.05, 0) is 80.8 Å². The normalized spacial score (nSPS) is 17.5. The fraction of sp³-hybridized carbons (Fsp3) is 0.382. The molecule has 240 valence electrons. The van der Waals surface area contributed by atoms with Gasteiger partial charge in [-0.2, -0.15) is 0 Å². The number of nitrogens with one attached hydrogen (secondary N) is 1. The smallest absolute Gasteiger partial charge is 0.353 e. The Morgan fingerprint density at radius 2 is 1.76 bits per heavy atom. The van der Waals surface area contributed by atoms with Crippen LogP contribution in [0, 0.1) is 0 Å². The molecule has 4 aromatic rings. The van der Waals surface area contributed by atoms with Crippen molar-refractivity contribution in [3.8, 4) is 22.8 Å². The molecule has 6 rings (SSSR count). The number of benzene rings is 2. The van der Waals surface area contributed by atoms with Crippen molar-refractivity contribution in [1.29, 1.82) is 0 Å². The summed E-state index contributed by atoms with van der Waals surface area (Å²) in [5.74, 6) is 0.407. The fourth-order valence-corrected chi connectivity index (χ4v) is 6.34. The third-order valence-electron chi connectivity index (χ3n) is 8.85. The number of urea groups is 1. The number of carbonyl (C=O) groups excluding carboxylic acids is 2. The molecule has 2 aliphatic heterocycles. The highest BCUT2D eigenvalue weighted by molar-refractivity contribution is 6.07. The van der Waals surface area contributed by atoms with E-state index in [1.165, 1.54) is 9.25 Å². The molecule has 1 N–H and O–H groups in total. The van der Waals surface area contributed by atoms with Crippen LogP contribution in [0.1, 0.15) is 42.6 Å². The summed E-state index contributed by atoms with van der Waals surface area (Å²) in [6.45, 7) is 6.37. The number of hydrogen-bond donors (Lipinski definition) is 1. The van der Waals surface area contributed by atoms with Crippen LogP contribution in [0.5, 0.6) is 6.01 Å². The predicted octanol–water partition coefficient (Wildman–Crippen LogP) is 3.86. The minimum atomic E-state index is -0.275. The van der Waals surface area contributed by atoms with E-state index in [0.29, 0.717) is 41.7 Å². The van der Waals surface area contributed by atoms with Crippen molar-refractivity contribution >= 4 is 23.4 Å². The minimum absolute atomic E-state index is 0.00472. The van der Waals surface area contributed by atoms with Crippen molar-refractivity contribution in [2.24, 2.45) is 7.05 Å². The summed E-state index contributed by atoms with van der Waals surface area (Å²) in [4.78, 5) is 49.6. The lowest BCUT2D eigenvalue weighted by molar-refractivity contribution is 0.0963. The van der Waals surface area contributed by atoms with Crippen LogP contribution in [0.15, 0.2) is 65.6 Å². The van der Waals surface area contributed by atoms with Crippen LogP contribution < -0.4 is 25.5 Å². The Hall–Kier alpha value is -4.97. The van der Waals surface area contributed by atoms with Gasteiger partial charge in [-0.3, -0.25) is 14.6 Å². The molecule has 2 aromatic carbocycles. The Kier molecular flexibility index (Phi) is 8.63. The molecule has 0 saturated carbocycles. The quantitative estimate of drug-likeness (QED) is 0.316. The van der Waals surface area contributed by atoms with Gasteiger partial charge in [0.15, 0.2) is 0 Å². The molecule has 2 aromatic heterocycles. The molecule has 2 saturated heterocycles. The first-order valence-electron chi connectivity index (χ1n) is 15.7. The molecule has 4 heterocycles. The maximum atomic E-state index is 13.9. The van der Waals surface area contributed by atoms with Gasteiger partial charge in [-0.1, -0.05) is 25.1 Å². The number of hydrogen-bond acceptors (Lipinski definition) is 7. The van der Waals surface area contributed by atoms with E-state index in [-0.39, 0.29) is 29.8 Å². The van der Waals surface area contributed by atoms with E-state index in [2.05, 4.69) is 34.3 Å². The third-order valence-corrected chi connectivity index (χ3v) is 8.85. The summed E-state index contributed by atoms with van der Waals surface area (Å²) in [6, 6.07) is 16.7. The minimum Gasteiger partial charge on any atom is -0.460 e. The van der Waals surface area contributed by atoms with Gasteiger partial charge < -0.3 is 15.0 Å². The SMILES string of the molecule is CCc1c(-c2ccc(-n3c(OC4CCN(C)CC4)nn(C)c3=O)cc2)ccnc1N1C[C@@H](C)N(c2cccc(C(=O)NC)c2)C1=O. The van der Waals surface area contributed by atoms with E-state index in [0.717, 1.165) is 42.6 Å². The lowest BCUT2D eigenvalue weighted by Gasteiger charge is -2.28. The predicted molar refractivity (Wildman–Crippen MR) is 177 cm³/mol. The maximum absolute atomic E-state index is 13.9. The van der Waals surface area contributed by atoms with Gasteiger partial charge >= 0.3 is 17.7 Å². The number of aromatic nitrogens is 4. The highest BCUT2D eigenvalue weighted by Gasteiger charge is 2.38. The van der Waals surface area contributed by atoms with Crippen LogP contribution >= 0.6 is 0 Å². The molecule has 0 radical (unpaired) electrons. The zero-order chi connectivity index (χ0) is 32.5. The number of aryl methyl sites for hydroxylation is 1. The standard InChI is InChI=1S/C34H40N8O4/c1-6-28-29(14-17-36-30(28)40-21-22(2)41(34(40)45)26-9-7-8-24(20-26)31(43)35-3)23-10-12-25(13-11-23)42-32(37-39(5)33(42)44)46-27-15-18-38(4)19-16-27/h7-14,17,20,22,27H,6,15-16,18-19,21H2,1-5H3,(H,35,43)/t22-/m1/s1. The largest absolute Gasteiger partial charge is 0.460 e. The lowest BCUT2D eigenvalue weighted by Crippen LogP contribution is -2.36. The van der Waals surface area contributed by atoms with Gasteiger partial charge in [-0.15, -0.1) is 5.10 Å². The van der Waals surface area contributed by atoms with Crippen molar-refractivity contribution in [2.75, 3.05) is 43.5 Å². The second-order valence-electron chi connectivity index (χ2n) is 11.9. The average Bonchev–Trinajstić information content (AvgIpc) is 3.53. The second-order valence-corrected chi connectivity index (χ2v) is 11.9. The summed E-state index contributed by atoms with van der Waals surface area (Å²) >= 11 is 0. The lowest BCUT2D eigenvalue weighted by atomic mass is 9.98. The molecule has 0 spiro atoms. The zero-order valence-corrected chi connectivity index (χ0v) is 26.9. The topological polar surface area (TPSA) is 118 Å². The van der Waals surface area contributed by atoms with Crippen LogP contribution in [-0.2, 0) is 13.5 Å². The Morgan fingerprint density at radius 1 is 1.02 bits per heavy atom. The monoisotopic (exact) mass is 624 g/mol. The Labute approximate surface area is 268 Å². The molecule has 0 bridgehead atoms. The summed E-state index contributed by atoms with van der Waals surface area (Å²) < 4.78 is 9.05. The summed E-state index contributed by atoms with van der Waals surface area (Å²) in [5, 5.41) is 7.02. The van der Waals surface area contributed by atoms with E-state index < -0.39 is 0 Å². The van der Waals surface area contributed by atoms with E-state index >= 15 is 0 Å². The summed E-state index contributed by atoms with van der Waals surface area (Å²) in [7, 11) is 5.31. The van der Waals surface area contributed by atoms with Crippen LogP contribution in [0.3, 0.4) is 0 Å². The third kappa shape index (κ3) is 5.76. The Balaban J connectivity index is 1.28. The van der Waals surface area contributed by atoms with Crippen LogP contribution in [0.2, 0.25) is 0 Å². The number of amides is 3. The summed E-state index contributed by atoms with van der Waals surface area (Å²) in [6.07, 6.45) is 4.14. The number of carbonyl (C=O) groups is 2. The maximum Gasteiger partial charge on any atom is 0.353 e. The number of pyridine rings is 1. The Morgan fingerprint density at radius 3 is 2.46 bits per heavy atom. The van der Waals surface area contributed by atoms with Gasteiger partial charge in [0.05, 0.1) is 11.7 Å². The number of likely N-dealkylation sites (tertiary alicyclic amines) is 1. The van der Waals surface area contributed by atoms with Crippen LogP contribution in [0.25, 0.3) is 16.8 Å². The van der Waals surface area contributed by atoms with E-state index in [4.69, 9.17) is 4.74 Å². The van der Waals surface area contributed by atoms with Gasteiger partial charge in [-0.25, -0.2) is 23.8 Å². The highest BCUT2D eigenvalue weighted by atomic mass is 16.5. The Bertz CT molecular complexity index is 1810. The summed E-state index contributed by atoms with van der Waals surface area (Å²) in [5.41, 5.74) is 4.39. The van der Waals surface area contributed by atoms with Crippen LogP contribution in [0.4, 0.5) is 16.3 Å². The number of anilines is 2. The molecule has 2 fully saturated rings. The molecule has 1 atom stereocenters. The van der Waals surface area contributed by atoms with E-state index in [1.807, 2.05) is 43.3 Å². The van der Waals surface area contributed by atoms with Crippen molar-refractivity contribution in [3.63, 3.8) is 0 Å². The van der Waals surface area contributed by atoms with Crippen molar-refractivity contribution < 1.29 is 14.3 Å². The molecule has 0 aliphatic carbocycles. The van der Waals surface area contributed by atoms with E-state index in [1.54, 1.807) is 48.3 Å². The van der Waals surface area contributed by atoms with Gasteiger partial charge in [0, 0.05) is 56.7 Å². The van der Waals surface area contributed by atoms with Gasteiger partial charge in [0.2, 0.25) is 0 Å². The van der Waals surface area contributed by atoms with Gasteiger partial charge in [0.1, 0.15) is 11.9 Å². The average molecular weight is 625 g/mol. The van der Waals surface area contributed by atoms with E-state index in [9.17, 15) is 14.4 Å². The fourth-order valence-electron chi connectivity index (χ4n) is 6.34. The molecule has 12 nitrogen and oxygen atoms in total. The molecule has 0 unspecified atom stereocenters. The molecule has 3 amide bonds. The number of rotatable bonds is 8. The van der Waals surface area contributed by atoms with Crippen LogP contribution in [-0.4, -0.2) is 82.0 Å². The molecular weight excluding hydrogens is 584 g/mol.